The molecular formula is C17H22N4O4S. The molecule has 1 heterocycles. The minimum Gasteiger partial charge on any atom is -0.480 e. The minimum absolute atomic E-state index is 0.0426. The highest BCUT2D eigenvalue weighted by molar-refractivity contribution is 7.78. The third-order valence-electron chi connectivity index (χ3n) is 4.10. The highest BCUT2D eigenvalue weighted by Crippen LogP contribution is 2.14. The molecule has 1 aromatic carbocycles. The SMILES string of the molecule is O=C(O)CN1CCN(CC(=O)O)CN(Cc2ccc(N=C=S)cc2)CC1. The average Bonchev–Trinajstić information content (AvgIpc) is 2.56. The summed E-state index contributed by atoms with van der Waals surface area (Å²) in [6, 6.07) is 7.59. The van der Waals surface area contributed by atoms with Crippen molar-refractivity contribution in [2.45, 2.75) is 6.54 Å². The first-order valence-electron chi connectivity index (χ1n) is 8.23. The van der Waals surface area contributed by atoms with Crippen LogP contribution in [0.5, 0.6) is 0 Å². The summed E-state index contributed by atoms with van der Waals surface area (Å²) < 4.78 is 0. The molecule has 1 fully saturated rings. The Kier molecular flexibility index (Phi) is 7.83. The monoisotopic (exact) mass is 378 g/mol. The van der Waals surface area contributed by atoms with E-state index in [1.54, 1.807) is 0 Å². The molecule has 26 heavy (non-hydrogen) atoms. The topological polar surface area (TPSA) is 96.7 Å². The van der Waals surface area contributed by atoms with Gasteiger partial charge < -0.3 is 10.2 Å². The van der Waals surface area contributed by atoms with Crippen LogP contribution in [-0.2, 0) is 16.1 Å². The number of carboxylic acids is 2. The number of nitrogens with zero attached hydrogens (tertiary/aromatic N) is 4. The van der Waals surface area contributed by atoms with Gasteiger partial charge in [-0.25, -0.2) is 0 Å². The zero-order chi connectivity index (χ0) is 18.9. The molecule has 0 atom stereocenters. The summed E-state index contributed by atoms with van der Waals surface area (Å²) in [6.45, 7) is 3.38. The molecule has 140 valence electrons. The lowest BCUT2D eigenvalue weighted by atomic mass is 10.2. The Morgan fingerprint density at radius 1 is 0.962 bits per heavy atom. The van der Waals surface area contributed by atoms with Gasteiger partial charge in [0, 0.05) is 32.7 Å². The fourth-order valence-corrected chi connectivity index (χ4v) is 2.99. The lowest BCUT2D eigenvalue weighted by molar-refractivity contribution is -0.141. The smallest absolute Gasteiger partial charge is 0.317 e. The number of hydrogen-bond acceptors (Lipinski definition) is 7. The number of carbonyl (C=O) groups is 2. The molecule has 0 amide bonds. The van der Waals surface area contributed by atoms with Gasteiger partial charge in [0.2, 0.25) is 0 Å². The fraction of sp³-hybridized carbons (Fsp3) is 0.471. The Bertz CT molecular complexity index is 676. The van der Waals surface area contributed by atoms with Crippen molar-refractivity contribution in [3.8, 4) is 0 Å². The molecule has 0 spiro atoms. The van der Waals surface area contributed by atoms with Crippen LogP contribution in [0.25, 0.3) is 0 Å². The van der Waals surface area contributed by atoms with Crippen LogP contribution in [0, 0.1) is 0 Å². The van der Waals surface area contributed by atoms with E-state index in [1.807, 2.05) is 34.1 Å². The van der Waals surface area contributed by atoms with Crippen molar-refractivity contribution < 1.29 is 19.8 Å². The van der Waals surface area contributed by atoms with Crippen LogP contribution >= 0.6 is 12.2 Å². The Balaban J connectivity index is 2.06. The molecule has 2 N–H and O–H groups in total. The van der Waals surface area contributed by atoms with Gasteiger partial charge in [-0.3, -0.25) is 24.3 Å². The molecule has 1 aliphatic heterocycles. The van der Waals surface area contributed by atoms with E-state index in [0.717, 1.165) is 11.3 Å². The second-order valence-electron chi connectivity index (χ2n) is 6.18. The summed E-state index contributed by atoms with van der Waals surface area (Å²) in [4.78, 5) is 31.8. The van der Waals surface area contributed by atoms with Gasteiger partial charge in [0.05, 0.1) is 30.6 Å². The second kappa shape index (κ2) is 10.1. The average molecular weight is 378 g/mol. The van der Waals surface area contributed by atoms with Gasteiger partial charge in [-0.2, -0.15) is 4.99 Å². The Labute approximate surface area is 157 Å². The number of thiocarbonyl (C=S) groups is 1. The van der Waals surface area contributed by atoms with Gasteiger partial charge in [0.1, 0.15) is 0 Å². The highest BCUT2D eigenvalue weighted by atomic mass is 32.1. The normalized spacial score (nSPS) is 17.1. The molecule has 1 saturated heterocycles. The molecule has 8 nitrogen and oxygen atoms in total. The van der Waals surface area contributed by atoms with Crippen molar-refractivity contribution in [2.75, 3.05) is 45.9 Å². The van der Waals surface area contributed by atoms with Crippen molar-refractivity contribution in [2.24, 2.45) is 4.99 Å². The maximum Gasteiger partial charge on any atom is 0.317 e. The van der Waals surface area contributed by atoms with Crippen LogP contribution in [0.3, 0.4) is 0 Å². The van der Waals surface area contributed by atoms with Crippen molar-refractivity contribution in [3.05, 3.63) is 29.8 Å². The van der Waals surface area contributed by atoms with E-state index >= 15 is 0 Å². The van der Waals surface area contributed by atoms with Gasteiger partial charge in [-0.05, 0) is 29.9 Å². The van der Waals surface area contributed by atoms with Crippen LogP contribution in [-0.4, -0.2) is 87.9 Å². The minimum atomic E-state index is -0.891. The third kappa shape index (κ3) is 6.99. The number of aliphatic imine (C=N–C) groups is 1. The summed E-state index contributed by atoms with van der Waals surface area (Å²) in [5.41, 5.74) is 1.80. The first kappa shape index (κ1) is 20.2. The van der Waals surface area contributed by atoms with Crippen LogP contribution in [0.4, 0.5) is 5.69 Å². The van der Waals surface area contributed by atoms with Crippen LogP contribution < -0.4 is 0 Å². The molecule has 1 aromatic rings. The first-order valence-corrected chi connectivity index (χ1v) is 8.64. The standard InChI is InChI=1S/C17H22N4O4S/c22-16(23)10-19-5-7-20(13-21(8-6-19)11-17(24)25)9-14-1-3-15(4-2-14)18-12-26/h1-4H,5-11,13H2,(H,22,23)(H,24,25). The van der Waals surface area contributed by atoms with Crippen molar-refractivity contribution >= 4 is 35.0 Å². The first-order chi connectivity index (χ1) is 12.5. The zero-order valence-electron chi connectivity index (χ0n) is 14.4. The van der Waals surface area contributed by atoms with Crippen LogP contribution in [0.2, 0.25) is 0 Å². The molecule has 0 unspecified atom stereocenters. The summed E-state index contributed by atoms with van der Waals surface area (Å²) in [5.74, 6) is -1.77. The molecule has 0 aromatic heterocycles. The predicted octanol–water partition coefficient (Wildman–Crippen LogP) is 0.967. The fourth-order valence-electron chi connectivity index (χ4n) is 2.89. The van der Waals surface area contributed by atoms with Gasteiger partial charge in [0.25, 0.3) is 0 Å². The maximum atomic E-state index is 11.1. The van der Waals surface area contributed by atoms with Gasteiger partial charge in [0.15, 0.2) is 0 Å². The number of hydrogen-bond donors (Lipinski definition) is 2. The molecule has 0 aliphatic carbocycles. The summed E-state index contributed by atoms with van der Waals surface area (Å²) in [5, 5.41) is 20.5. The van der Waals surface area contributed by atoms with Crippen molar-refractivity contribution in [3.63, 3.8) is 0 Å². The van der Waals surface area contributed by atoms with E-state index in [-0.39, 0.29) is 13.1 Å². The molecule has 0 saturated carbocycles. The van der Waals surface area contributed by atoms with Crippen LogP contribution in [0.15, 0.2) is 29.3 Å². The van der Waals surface area contributed by atoms with Crippen LogP contribution in [0.1, 0.15) is 5.56 Å². The van der Waals surface area contributed by atoms with Gasteiger partial charge in [-0.15, -0.1) is 0 Å². The largest absolute Gasteiger partial charge is 0.480 e. The zero-order valence-corrected chi connectivity index (χ0v) is 15.2. The number of rotatable bonds is 7. The quantitative estimate of drug-likeness (QED) is 0.535. The Hall–Kier alpha value is -2.16. The molecule has 9 heteroatoms. The maximum absolute atomic E-state index is 11.1. The molecule has 2 rings (SSSR count). The van der Waals surface area contributed by atoms with Crippen molar-refractivity contribution in [1.82, 2.24) is 14.7 Å². The van der Waals surface area contributed by atoms with Gasteiger partial charge in [-0.1, -0.05) is 12.1 Å². The third-order valence-corrected chi connectivity index (χ3v) is 4.19. The molecule has 1 aliphatic rings. The molecular weight excluding hydrogens is 356 g/mol. The summed E-state index contributed by atoms with van der Waals surface area (Å²) >= 11 is 4.59. The predicted molar refractivity (Wildman–Crippen MR) is 99.7 cm³/mol. The van der Waals surface area contributed by atoms with Crippen molar-refractivity contribution in [1.29, 1.82) is 0 Å². The molecule has 0 radical (unpaired) electrons. The lowest BCUT2D eigenvalue weighted by Gasteiger charge is -2.35. The van der Waals surface area contributed by atoms with E-state index < -0.39 is 11.9 Å². The Morgan fingerprint density at radius 3 is 2.08 bits per heavy atom. The van der Waals surface area contributed by atoms with E-state index in [0.29, 0.717) is 39.4 Å². The van der Waals surface area contributed by atoms with E-state index in [4.69, 9.17) is 10.2 Å². The van der Waals surface area contributed by atoms with Gasteiger partial charge >= 0.3 is 11.9 Å². The number of isothiocyanates is 1. The number of carboxylic acid groups (broad SMARTS) is 2. The number of aliphatic carboxylic acids is 2. The second-order valence-corrected chi connectivity index (χ2v) is 6.36. The van der Waals surface area contributed by atoms with E-state index in [1.165, 1.54) is 0 Å². The molecule has 0 bridgehead atoms. The highest BCUT2D eigenvalue weighted by Gasteiger charge is 2.21. The summed E-state index contributed by atoms with van der Waals surface area (Å²) in [6.07, 6.45) is 0. The summed E-state index contributed by atoms with van der Waals surface area (Å²) in [7, 11) is 0. The van der Waals surface area contributed by atoms with E-state index in [9.17, 15) is 9.59 Å². The Morgan fingerprint density at radius 2 is 1.50 bits per heavy atom. The number of benzene rings is 1. The lowest BCUT2D eigenvalue weighted by Crippen LogP contribution is -2.50. The van der Waals surface area contributed by atoms with E-state index in [2.05, 4.69) is 27.3 Å².